The summed E-state index contributed by atoms with van der Waals surface area (Å²) in [7, 11) is 0. The normalized spacial score (nSPS) is 18.0. The number of carbonyl (C=O) groups is 1. The zero-order valence-corrected chi connectivity index (χ0v) is 16.4. The van der Waals surface area contributed by atoms with Gasteiger partial charge >= 0.3 is 6.18 Å². The van der Waals surface area contributed by atoms with Crippen LogP contribution in [0.15, 0.2) is 30.5 Å². The van der Waals surface area contributed by atoms with Crippen LogP contribution in [0.4, 0.5) is 13.2 Å². The molecule has 1 aromatic carbocycles. The van der Waals surface area contributed by atoms with Gasteiger partial charge in [0.05, 0.1) is 17.5 Å². The highest BCUT2D eigenvalue weighted by Crippen LogP contribution is 2.36. The Morgan fingerprint density at radius 2 is 1.93 bits per heavy atom. The highest BCUT2D eigenvalue weighted by Gasteiger charge is 2.41. The highest BCUT2D eigenvalue weighted by molar-refractivity contribution is 5.98. The fourth-order valence-corrected chi connectivity index (χ4v) is 4.42. The summed E-state index contributed by atoms with van der Waals surface area (Å²) in [6.07, 6.45) is 1.53. The summed E-state index contributed by atoms with van der Waals surface area (Å²) >= 11 is 0. The van der Waals surface area contributed by atoms with E-state index in [2.05, 4.69) is 10.3 Å². The summed E-state index contributed by atoms with van der Waals surface area (Å²) in [5, 5.41) is 3.50. The second-order valence-electron chi connectivity index (χ2n) is 8.39. The standard InChI is InChI=1S/C22H27F3N2O/c1-15-7-6-10-17-11-18(13-26-19(15)17)20(28)27-21(2,14-22(23,24)25)12-16-8-4-3-5-9-16/h6-7,10-11,13,16H,3-5,8-9,12,14H2,1-2H3,(H,27,28). The molecule has 1 fully saturated rings. The average Bonchev–Trinajstić information content (AvgIpc) is 2.60. The molecule has 0 spiro atoms. The molecule has 1 amide bonds. The number of benzene rings is 1. The molecule has 0 aliphatic heterocycles. The fraction of sp³-hybridized carbons (Fsp3) is 0.545. The number of rotatable bonds is 5. The van der Waals surface area contributed by atoms with E-state index in [1.807, 2.05) is 25.1 Å². The van der Waals surface area contributed by atoms with Gasteiger partial charge in [0.25, 0.3) is 5.91 Å². The van der Waals surface area contributed by atoms with E-state index in [9.17, 15) is 18.0 Å². The number of aryl methyl sites for hydroxylation is 1. The molecular formula is C22H27F3N2O. The summed E-state index contributed by atoms with van der Waals surface area (Å²) in [6.45, 7) is 3.45. The Morgan fingerprint density at radius 3 is 2.61 bits per heavy atom. The van der Waals surface area contributed by atoms with E-state index in [1.165, 1.54) is 13.1 Å². The Labute approximate surface area is 163 Å². The summed E-state index contributed by atoms with van der Waals surface area (Å²) < 4.78 is 39.7. The van der Waals surface area contributed by atoms with E-state index in [0.717, 1.165) is 48.6 Å². The molecule has 1 saturated carbocycles. The van der Waals surface area contributed by atoms with Crippen LogP contribution in [0.3, 0.4) is 0 Å². The van der Waals surface area contributed by atoms with Crippen molar-refractivity contribution < 1.29 is 18.0 Å². The SMILES string of the molecule is Cc1cccc2cc(C(=O)NC(C)(CC3CCCCC3)CC(F)(F)F)cnc12. The second kappa shape index (κ2) is 8.10. The smallest absolute Gasteiger partial charge is 0.346 e. The molecule has 2 aromatic rings. The number of pyridine rings is 1. The molecule has 6 heteroatoms. The minimum atomic E-state index is -4.34. The van der Waals surface area contributed by atoms with Gasteiger partial charge in [0.1, 0.15) is 0 Å². The second-order valence-corrected chi connectivity index (χ2v) is 8.39. The van der Waals surface area contributed by atoms with E-state index >= 15 is 0 Å². The first-order chi connectivity index (χ1) is 13.2. The minimum absolute atomic E-state index is 0.221. The quantitative estimate of drug-likeness (QED) is 0.683. The lowest BCUT2D eigenvalue weighted by molar-refractivity contribution is -0.149. The van der Waals surface area contributed by atoms with Crippen LogP contribution in [0.5, 0.6) is 0 Å². The van der Waals surface area contributed by atoms with Crippen LogP contribution in [-0.2, 0) is 0 Å². The van der Waals surface area contributed by atoms with Gasteiger partial charge in [-0.1, -0.05) is 50.3 Å². The average molecular weight is 392 g/mol. The van der Waals surface area contributed by atoms with E-state index in [1.54, 1.807) is 6.07 Å². The largest absolute Gasteiger partial charge is 0.391 e. The summed E-state index contributed by atoms with van der Waals surface area (Å²) in [5.74, 6) is -0.280. The molecule has 3 nitrogen and oxygen atoms in total. The van der Waals surface area contributed by atoms with Crippen molar-refractivity contribution in [1.29, 1.82) is 0 Å². The first-order valence-corrected chi connectivity index (χ1v) is 9.90. The third kappa shape index (κ3) is 5.24. The van der Waals surface area contributed by atoms with Crippen LogP contribution in [-0.4, -0.2) is 22.6 Å². The maximum atomic E-state index is 13.2. The molecule has 0 bridgehead atoms. The van der Waals surface area contributed by atoms with Crippen LogP contribution >= 0.6 is 0 Å². The third-order valence-corrected chi connectivity index (χ3v) is 5.64. The van der Waals surface area contributed by atoms with Gasteiger partial charge in [-0.2, -0.15) is 13.2 Å². The molecule has 1 N–H and O–H groups in total. The molecule has 1 atom stereocenters. The minimum Gasteiger partial charge on any atom is -0.346 e. The topological polar surface area (TPSA) is 42.0 Å². The van der Waals surface area contributed by atoms with Crippen LogP contribution in [0, 0.1) is 12.8 Å². The van der Waals surface area contributed by atoms with Crippen molar-refractivity contribution in [3.63, 3.8) is 0 Å². The number of aromatic nitrogens is 1. The molecule has 1 heterocycles. The lowest BCUT2D eigenvalue weighted by atomic mass is 9.78. The maximum Gasteiger partial charge on any atom is 0.391 e. The number of carbonyl (C=O) groups excluding carboxylic acids is 1. The van der Waals surface area contributed by atoms with Gasteiger partial charge in [0.15, 0.2) is 0 Å². The zero-order valence-electron chi connectivity index (χ0n) is 16.4. The Kier molecular flexibility index (Phi) is 5.96. The molecule has 3 rings (SSSR count). The zero-order chi connectivity index (χ0) is 20.4. The van der Waals surface area contributed by atoms with Crippen molar-refractivity contribution in [2.24, 2.45) is 5.92 Å². The van der Waals surface area contributed by atoms with E-state index < -0.39 is 24.0 Å². The number of nitrogens with zero attached hydrogens (tertiary/aromatic N) is 1. The molecular weight excluding hydrogens is 365 g/mol. The van der Waals surface area contributed by atoms with Crippen LogP contribution in [0.1, 0.15) is 67.8 Å². The Morgan fingerprint density at radius 1 is 1.21 bits per heavy atom. The molecule has 0 radical (unpaired) electrons. The molecule has 28 heavy (non-hydrogen) atoms. The lowest BCUT2D eigenvalue weighted by Gasteiger charge is -2.36. The molecule has 1 aromatic heterocycles. The van der Waals surface area contributed by atoms with E-state index in [4.69, 9.17) is 0 Å². The van der Waals surface area contributed by atoms with Gasteiger partial charge in [-0.3, -0.25) is 9.78 Å². The fourth-order valence-electron chi connectivity index (χ4n) is 4.42. The van der Waals surface area contributed by atoms with E-state index in [0.29, 0.717) is 6.42 Å². The summed E-state index contributed by atoms with van der Waals surface area (Å²) in [6, 6.07) is 7.35. The van der Waals surface area contributed by atoms with Crippen LogP contribution in [0.25, 0.3) is 10.9 Å². The number of alkyl halides is 3. The van der Waals surface area contributed by atoms with Crippen molar-refractivity contribution in [2.45, 2.75) is 70.5 Å². The van der Waals surface area contributed by atoms with Crippen LogP contribution < -0.4 is 5.32 Å². The Bertz CT molecular complexity index is 843. The first-order valence-electron chi connectivity index (χ1n) is 9.90. The number of nitrogens with one attached hydrogen (secondary N) is 1. The van der Waals surface area contributed by atoms with Crippen LogP contribution in [0.2, 0.25) is 0 Å². The Balaban J connectivity index is 1.81. The van der Waals surface area contributed by atoms with Crippen molar-refractivity contribution in [2.75, 3.05) is 0 Å². The highest BCUT2D eigenvalue weighted by atomic mass is 19.4. The van der Waals surface area contributed by atoms with E-state index in [-0.39, 0.29) is 11.5 Å². The lowest BCUT2D eigenvalue weighted by Crippen LogP contribution is -2.50. The molecule has 152 valence electrons. The molecule has 1 unspecified atom stereocenters. The number of hydrogen-bond donors (Lipinski definition) is 1. The molecule has 1 aliphatic carbocycles. The number of para-hydroxylation sites is 1. The number of amides is 1. The van der Waals surface area contributed by atoms with Gasteiger partial charge in [-0.05, 0) is 37.8 Å². The third-order valence-electron chi connectivity index (χ3n) is 5.64. The number of fused-ring (bicyclic) bond motifs is 1. The number of hydrogen-bond acceptors (Lipinski definition) is 2. The molecule has 0 saturated heterocycles. The first kappa shape index (κ1) is 20.6. The van der Waals surface area contributed by atoms with Gasteiger partial charge in [0.2, 0.25) is 0 Å². The van der Waals surface area contributed by atoms with Gasteiger partial charge in [-0.15, -0.1) is 0 Å². The monoisotopic (exact) mass is 392 g/mol. The maximum absolute atomic E-state index is 13.2. The van der Waals surface area contributed by atoms with Gasteiger partial charge in [-0.25, -0.2) is 0 Å². The van der Waals surface area contributed by atoms with Crippen molar-refractivity contribution in [3.8, 4) is 0 Å². The molecule has 1 aliphatic rings. The van der Waals surface area contributed by atoms with Crippen molar-refractivity contribution in [1.82, 2.24) is 10.3 Å². The predicted molar refractivity (Wildman–Crippen MR) is 104 cm³/mol. The van der Waals surface area contributed by atoms with Crippen molar-refractivity contribution in [3.05, 3.63) is 41.6 Å². The Hall–Kier alpha value is -2.11. The summed E-state index contributed by atoms with van der Waals surface area (Å²) in [5.41, 5.74) is 0.747. The summed E-state index contributed by atoms with van der Waals surface area (Å²) in [4.78, 5) is 17.1. The van der Waals surface area contributed by atoms with Gasteiger partial charge in [0, 0.05) is 17.1 Å². The predicted octanol–water partition coefficient (Wildman–Crippen LogP) is 5.95. The van der Waals surface area contributed by atoms with Gasteiger partial charge < -0.3 is 5.32 Å². The van der Waals surface area contributed by atoms with Crippen molar-refractivity contribution >= 4 is 16.8 Å². The number of halogens is 3.